The molecule has 0 aromatic heterocycles. The van der Waals surface area contributed by atoms with Crippen molar-refractivity contribution < 1.29 is 9.64 Å². The van der Waals surface area contributed by atoms with E-state index in [2.05, 4.69) is 75.1 Å². The first-order chi connectivity index (χ1) is 11.7. The van der Waals surface area contributed by atoms with E-state index in [1.54, 1.807) is 4.90 Å². The third kappa shape index (κ3) is 3.13. The van der Waals surface area contributed by atoms with Crippen LogP contribution in [0.5, 0.6) is 5.75 Å². The number of quaternary nitrogens is 1. The summed E-state index contributed by atoms with van der Waals surface area (Å²) in [5, 5.41) is 0. The second-order valence-corrected chi connectivity index (χ2v) is 6.38. The van der Waals surface area contributed by atoms with E-state index in [0.29, 0.717) is 6.04 Å². The summed E-state index contributed by atoms with van der Waals surface area (Å²) in [5.41, 5.74) is 3.57. The molecule has 24 heavy (non-hydrogen) atoms. The van der Waals surface area contributed by atoms with E-state index in [1.807, 2.05) is 0 Å². The topological polar surface area (TPSA) is 16.9 Å². The first-order valence-corrected chi connectivity index (χ1v) is 9.23. The summed E-state index contributed by atoms with van der Waals surface area (Å²) >= 11 is 0. The number of hydrogen-bond donors (Lipinski definition) is 1. The third-order valence-corrected chi connectivity index (χ3v) is 5.13. The molecule has 0 bridgehead atoms. The summed E-state index contributed by atoms with van der Waals surface area (Å²) in [6.07, 6.45) is 9.03. The Kier molecular flexibility index (Phi) is 5.10. The molecule has 3 rings (SSSR count). The van der Waals surface area contributed by atoms with Crippen LogP contribution in [0.25, 0.3) is 6.08 Å². The molecular weight excluding hydrogens is 296 g/mol. The van der Waals surface area contributed by atoms with E-state index < -0.39 is 0 Å². The van der Waals surface area contributed by atoms with Crippen molar-refractivity contribution in [2.45, 2.75) is 33.7 Å². The number of benzene rings is 1. The summed E-state index contributed by atoms with van der Waals surface area (Å²) in [6.45, 7) is 13.1. The van der Waals surface area contributed by atoms with Crippen LogP contribution < -0.4 is 14.5 Å². The highest BCUT2D eigenvalue weighted by molar-refractivity contribution is 5.72. The molecule has 3 heteroatoms. The number of fused-ring (bicyclic) bond motifs is 2. The molecule has 0 radical (unpaired) electrons. The van der Waals surface area contributed by atoms with Crippen LogP contribution in [0.2, 0.25) is 0 Å². The van der Waals surface area contributed by atoms with E-state index in [9.17, 15) is 0 Å². The second-order valence-electron chi connectivity index (χ2n) is 6.38. The van der Waals surface area contributed by atoms with Gasteiger partial charge in [-0.25, -0.2) is 0 Å². The Morgan fingerprint density at radius 3 is 2.50 bits per heavy atom. The summed E-state index contributed by atoms with van der Waals surface area (Å²) in [4.78, 5) is 3.91. The van der Waals surface area contributed by atoms with Crippen LogP contribution in [0.1, 0.15) is 33.3 Å². The van der Waals surface area contributed by atoms with Gasteiger partial charge in [-0.15, -0.1) is 0 Å². The molecule has 2 aliphatic rings. The normalized spacial score (nSPS) is 18.5. The molecule has 128 valence electrons. The van der Waals surface area contributed by atoms with Gasteiger partial charge in [0.2, 0.25) is 0 Å². The van der Waals surface area contributed by atoms with E-state index in [1.165, 1.54) is 11.3 Å². The van der Waals surface area contributed by atoms with Gasteiger partial charge in [0.05, 0.1) is 13.1 Å². The summed E-state index contributed by atoms with van der Waals surface area (Å²) in [5.74, 6) is 1.98. The van der Waals surface area contributed by atoms with Gasteiger partial charge >= 0.3 is 0 Å². The van der Waals surface area contributed by atoms with Crippen LogP contribution in [-0.4, -0.2) is 32.2 Å². The summed E-state index contributed by atoms with van der Waals surface area (Å²) in [7, 11) is 0. The fourth-order valence-corrected chi connectivity index (χ4v) is 3.59. The molecule has 1 aliphatic heterocycles. The molecule has 0 spiro atoms. The zero-order valence-corrected chi connectivity index (χ0v) is 15.3. The first kappa shape index (κ1) is 16.8. The molecule has 0 fully saturated rings. The highest BCUT2D eigenvalue weighted by Gasteiger charge is 2.24. The van der Waals surface area contributed by atoms with Crippen molar-refractivity contribution in [3.63, 3.8) is 0 Å². The maximum absolute atomic E-state index is 6.29. The maximum atomic E-state index is 6.29. The number of ether oxygens (including phenoxy) is 1. The molecule has 0 saturated carbocycles. The Morgan fingerprint density at radius 2 is 1.83 bits per heavy atom. The quantitative estimate of drug-likeness (QED) is 0.866. The van der Waals surface area contributed by atoms with Crippen molar-refractivity contribution in [2.75, 3.05) is 31.1 Å². The average Bonchev–Trinajstić information content (AvgIpc) is 2.62. The monoisotopic (exact) mass is 325 g/mol. The first-order valence-electron chi connectivity index (χ1n) is 9.23. The van der Waals surface area contributed by atoms with Gasteiger partial charge in [-0.1, -0.05) is 0 Å². The van der Waals surface area contributed by atoms with E-state index >= 15 is 0 Å². The Bertz CT molecular complexity index is 679. The fourth-order valence-electron chi connectivity index (χ4n) is 3.59. The number of anilines is 1. The summed E-state index contributed by atoms with van der Waals surface area (Å²) in [6, 6.07) is 6.94. The minimum absolute atomic E-state index is 0.402. The van der Waals surface area contributed by atoms with Gasteiger partial charge in [0.1, 0.15) is 17.6 Å². The van der Waals surface area contributed by atoms with Gasteiger partial charge in [-0.2, -0.15) is 0 Å². The smallest absolute Gasteiger partial charge is 0.136 e. The van der Waals surface area contributed by atoms with Gasteiger partial charge in [0.25, 0.3) is 0 Å². The van der Waals surface area contributed by atoms with Gasteiger partial charge in [0, 0.05) is 42.1 Å². The number of rotatable bonds is 6. The number of nitrogens with one attached hydrogen (secondary N) is 1. The highest BCUT2D eigenvalue weighted by Crippen LogP contribution is 2.36. The molecule has 1 N–H and O–H groups in total. The zero-order valence-electron chi connectivity index (χ0n) is 15.3. The maximum Gasteiger partial charge on any atom is 0.136 e. The lowest BCUT2D eigenvalue weighted by Crippen LogP contribution is -3.14. The van der Waals surface area contributed by atoms with Crippen molar-refractivity contribution in [1.82, 2.24) is 0 Å². The van der Waals surface area contributed by atoms with Crippen molar-refractivity contribution in [3.05, 3.63) is 53.3 Å². The molecule has 1 atom stereocenters. The van der Waals surface area contributed by atoms with Crippen LogP contribution in [-0.2, 0) is 0 Å². The Balaban J connectivity index is 1.90. The Morgan fingerprint density at radius 1 is 1.08 bits per heavy atom. The van der Waals surface area contributed by atoms with Crippen LogP contribution in [0.3, 0.4) is 0 Å². The third-order valence-electron chi connectivity index (χ3n) is 5.13. The lowest BCUT2D eigenvalue weighted by molar-refractivity contribution is -0.908. The van der Waals surface area contributed by atoms with Crippen molar-refractivity contribution in [1.29, 1.82) is 0 Å². The average molecular weight is 325 g/mol. The molecule has 3 nitrogen and oxygen atoms in total. The minimum Gasteiger partial charge on any atom is -0.456 e. The Labute approximate surface area is 145 Å². The van der Waals surface area contributed by atoms with Crippen LogP contribution in [0.15, 0.2) is 47.8 Å². The minimum atomic E-state index is 0.402. The number of likely N-dealkylation sites (N-methyl/N-ethyl adjacent to an activating group) is 1. The van der Waals surface area contributed by atoms with Crippen LogP contribution in [0.4, 0.5) is 5.69 Å². The zero-order chi connectivity index (χ0) is 17.1. The molecule has 1 aromatic carbocycles. The number of hydrogen-bond acceptors (Lipinski definition) is 2. The number of nitrogens with zero attached hydrogens (tertiary/aromatic N) is 1. The van der Waals surface area contributed by atoms with Crippen LogP contribution in [0, 0.1) is 0 Å². The predicted octanol–water partition coefficient (Wildman–Crippen LogP) is 3.06. The number of allylic oxidation sites excluding steroid dienone is 1. The molecule has 1 aliphatic carbocycles. The lowest BCUT2D eigenvalue weighted by atomic mass is 9.98. The Hall–Kier alpha value is -2.00. The highest BCUT2D eigenvalue weighted by atomic mass is 16.5. The molecule has 1 aromatic rings. The van der Waals surface area contributed by atoms with Gasteiger partial charge in [-0.05, 0) is 58.1 Å². The van der Waals surface area contributed by atoms with Crippen molar-refractivity contribution in [2.24, 2.45) is 0 Å². The largest absolute Gasteiger partial charge is 0.456 e. The summed E-state index contributed by atoms with van der Waals surface area (Å²) < 4.78 is 6.29. The van der Waals surface area contributed by atoms with Gasteiger partial charge in [-0.3, -0.25) is 0 Å². The molecule has 0 amide bonds. The molecule has 0 saturated heterocycles. The van der Waals surface area contributed by atoms with Crippen molar-refractivity contribution >= 4 is 11.8 Å². The fraction of sp³-hybridized carbons (Fsp3) is 0.429. The van der Waals surface area contributed by atoms with E-state index in [-0.39, 0.29) is 0 Å². The standard InChI is InChI=1S/C21H28N2O/c1-5-22(6-2)18-11-9-16-13-17-10-12-19(23(7-3)8-4)15-21(17)24-20(16)14-18/h9-15,18H,5-8H2,1-4H3/p+1. The van der Waals surface area contributed by atoms with Crippen LogP contribution >= 0.6 is 0 Å². The molecule has 1 heterocycles. The SMILES string of the molecule is CCN(CC)c1ccc2c(c1)OC1=CC([NH+](CC)CC)C=CC1=C2. The molecular formula is C21H29N2O+. The predicted molar refractivity (Wildman–Crippen MR) is 102 cm³/mol. The van der Waals surface area contributed by atoms with E-state index in [4.69, 9.17) is 4.74 Å². The van der Waals surface area contributed by atoms with Gasteiger partial charge in [0.15, 0.2) is 0 Å². The second kappa shape index (κ2) is 7.27. The van der Waals surface area contributed by atoms with Gasteiger partial charge < -0.3 is 14.5 Å². The lowest BCUT2D eigenvalue weighted by Gasteiger charge is -2.28. The molecule has 1 unspecified atom stereocenters. The van der Waals surface area contributed by atoms with Crippen molar-refractivity contribution in [3.8, 4) is 5.75 Å². The van der Waals surface area contributed by atoms with E-state index in [0.717, 1.165) is 43.3 Å².